The summed E-state index contributed by atoms with van der Waals surface area (Å²) >= 11 is 0. The molecule has 92 valence electrons. The van der Waals surface area contributed by atoms with Gasteiger partial charge in [0.2, 0.25) is 6.10 Å². The molecule has 2 atom stereocenters. The van der Waals surface area contributed by atoms with Gasteiger partial charge in [0.05, 0.1) is 7.11 Å². The Kier molecular flexibility index (Phi) is 3.45. The van der Waals surface area contributed by atoms with Crippen molar-refractivity contribution in [2.75, 3.05) is 13.7 Å². The van der Waals surface area contributed by atoms with E-state index < -0.39 is 37.3 Å². The number of cyclic esters (lactones) is 2. The Balaban J connectivity index is 2.57. The van der Waals surface area contributed by atoms with Crippen LogP contribution in [0.4, 0.5) is 22.8 Å². The fraction of sp³-hybridized carbons (Fsp3) is 0.714. The minimum Gasteiger partial charge on any atom is -0.438 e. The van der Waals surface area contributed by atoms with Crippen LogP contribution in [0, 0.1) is 0 Å². The van der Waals surface area contributed by atoms with Crippen LogP contribution in [0.3, 0.4) is 0 Å². The maximum absolute atomic E-state index is 12.3. The summed E-state index contributed by atoms with van der Waals surface area (Å²) in [5, 5.41) is 0. The molecule has 0 aliphatic carbocycles. The summed E-state index contributed by atoms with van der Waals surface area (Å²) in [7, 11) is 0.987. The van der Waals surface area contributed by atoms with E-state index in [-0.39, 0.29) is 0 Å². The van der Waals surface area contributed by atoms with E-state index in [1.165, 1.54) is 0 Å². The number of methoxy groups -OCH3 is 1. The van der Waals surface area contributed by atoms with E-state index in [2.05, 4.69) is 18.9 Å². The molecule has 6 nitrogen and oxygen atoms in total. The van der Waals surface area contributed by atoms with Crippen LogP contribution in [0.25, 0.3) is 0 Å². The number of alkyl halides is 3. The highest BCUT2D eigenvalue weighted by atomic mass is 19.4. The highest BCUT2D eigenvalue weighted by molar-refractivity contribution is 5.63. The summed E-state index contributed by atoms with van der Waals surface area (Å²) in [5.41, 5.74) is 0. The molecule has 1 saturated heterocycles. The minimum absolute atomic E-state index is 0.789. The quantitative estimate of drug-likeness (QED) is 0.680. The molecule has 0 aromatic rings. The first kappa shape index (κ1) is 12.4. The van der Waals surface area contributed by atoms with E-state index >= 15 is 0 Å². The zero-order chi connectivity index (χ0) is 12.3. The van der Waals surface area contributed by atoms with Crippen LogP contribution < -0.4 is 0 Å². The number of rotatable bonds is 2. The van der Waals surface area contributed by atoms with Gasteiger partial charge in [-0.1, -0.05) is 0 Å². The van der Waals surface area contributed by atoms with Gasteiger partial charge >= 0.3 is 18.5 Å². The van der Waals surface area contributed by atoms with Crippen LogP contribution in [-0.2, 0) is 18.9 Å². The molecule has 0 saturated carbocycles. The molecular weight excluding hydrogens is 237 g/mol. The third-order valence-corrected chi connectivity index (χ3v) is 1.66. The first-order valence-corrected chi connectivity index (χ1v) is 3.99. The monoisotopic (exact) mass is 244 g/mol. The largest absolute Gasteiger partial charge is 0.509 e. The molecule has 1 rings (SSSR count). The second-order valence-corrected chi connectivity index (χ2v) is 2.75. The van der Waals surface area contributed by atoms with Crippen molar-refractivity contribution in [3.63, 3.8) is 0 Å². The van der Waals surface area contributed by atoms with Gasteiger partial charge in [0.1, 0.15) is 6.61 Å². The highest BCUT2D eigenvalue weighted by Gasteiger charge is 2.54. The Hall–Kier alpha value is -1.67. The number of carbonyl (C=O) groups excluding carboxylic acids is 2. The molecule has 1 fully saturated rings. The van der Waals surface area contributed by atoms with E-state index in [0.29, 0.717) is 0 Å². The lowest BCUT2D eigenvalue weighted by Gasteiger charge is -2.17. The molecular formula is C7H7F3O6. The lowest BCUT2D eigenvalue weighted by Crippen LogP contribution is -2.40. The van der Waals surface area contributed by atoms with Crippen molar-refractivity contribution >= 4 is 12.3 Å². The molecule has 1 heterocycles. The van der Waals surface area contributed by atoms with Gasteiger partial charge in [-0.3, -0.25) is 0 Å². The van der Waals surface area contributed by atoms with Crippen molar-refractivity contribution in [1.29, 1.82) is 0 Å². The minimum atomic E-state index is -4.78. The second-order valence-electron chi connectivity index (χ2n) is 2.75. The molecule has 0 amide bonds. The van der Waals surface area contributed by atoms with Crippen molar-refractivity contribution in [2.45, 2.75) is 18.4 Å². The lowest BCUT2D eigenvalue weighted by molar-refractivity contribution is -0.206. The second kappa shape index (κ2) is 4.45. The van der Waals surface area contributed by atoms with Crippen molar-refractivity contribution < 1.29 is 41.7 Å². The van der Waals surface area contributed by atoms with Gasteiger partial charge < -0.3 is 18.9 Å². The number of halogens is 3. The third-order valence-electron chi connectivity index (χ3n) is 1.66. The van der Waals surface area contributed by atoms with Gasteiger partial charge in [-0.25, -0.2) is 9.59 Å². The SMILES string of the molecule is COC(=O)OCC1OC(=O)OC1C(F)(F)F. The normalized spacial score (nSPS) is 24.6. The highest BCUT2D eigenvalue weighted by Crippen LogP contribution is 2.31. The van der Waals surface area contributed by atoms with Crippen molar-refractivity contribution in [3.8, 4) is 0 Å². The smallest absolute Gasteiger partial charge is 0.438 e. The Bertz CT molecular complexity index is 288. The Labute approximate surface area is 87.2 Å². The van der Waals surface area contributed by atoms with E-state index in [0.717, 1.165) is 7.11 Å². The Morgan fingerprint density at radius 1 is 1.44 bits per heavy atom. The Morgan fingerprint density at radius 2 is 2.06 bits per heavy atom. The van der Waals surface area contributed by atoms with Crippen molar-refractivity contribution in [1.82, 2.24) is 0 Å². The van der Waals surface area contributed by atoms with E-state index in [1.807, 2.05) is 0 Å². The predicted molar refractivity (Wildman–Crippen MR) is 39.6 cm³/mol. The summed E-state index contributed by atoms with van der Waals surface area (Å²) in [5.74, 6) is 0. The maximum atomic E-state index is 12.3. The number of hydrogen-bond acceptors (Lipinski definition) is 6. The zero-order valence-electron chi connectivity index (χ0n) is 7.95. The molecule has 9 heteroatoms. The third kappa shape index (κ3) is 2.91. The zero-order valence-corrected chi connectivity index (χ0v) is 7.95. The molecule has 0 bridgehead atoms. The molecule has 0 spiro atoms. The number of carbonyl (C=O) groups is 2. The molecule has 1 aliphatic heterocycles. The van der Waals surface area contributed by atoms with E-state index in [4.69, 9.17) is 0 Å². The predicted octanol–water partition coefficient (Wildman–Crippen LogP) is 1.24. The fourth-order valence-electron chi connectivity index (χ4n) is 1.00. The summed E-state index contributed by atoms with van der Waals surface area (Å²) in [6.07, 6.45) is -11.6. The van der Waals surface area contributed by atoms with Crippen molar-refractivity contribution in [3.05, 3.63) is 0 Å². The van der Waals surface area contributed by atoms with Gasteiger partial charge in [-0.05, 0) is 0 Å². The van der Waals surface area contributed by atoms with Gasteiger partial charge in [0.25, 0.3) is 0 Å². The molecule has 16 heavy (non-hydrogen) atoms. The molecule has 0 aromatic carbocycles. The van der Waals surface area contributed by atoms with Gasteiger partial charge in [-0.15, -0.1) is 0 Å². The fourth-order valence-corrected chi connectivity index (χ4v) is 1.00. The van der Waals surface area contributed by atoms with E-state index in [9.17, 15) is 22.8 Å². The lowest BCUT2D eigenvalue weighted by atomic mass is 10.2. The molecule has 1 aliphatic rings. The summed E-state index contributed by atoms with van der Waals surface area (Å²) in [6, 6.07) is 0. The molecule has 0 N–H and O–H groups in total. The summed E-state index contributed by atoms with van der Waals surface area (Å²) in [4.78, 5) is 21.0. The van der Waals surface area contributed by atoms with Crippen LogP contribution in [0.15, 0.2) is 0 Å². The van der Waals surface area contributed by atoms with Gasteiger partial charge in [-0.2, -0.15) is 13.2 Å². The first-order chi connectivity index (χ1) is 7.34. The molecule has 0 aromatic heterocycles. The standard InChI is InChI=1S/C7H7F3O6/c1-13-5(11)14-2-3-4(7(8,9)10)16-6(12)15-3/h3-4H,2H2,1H3. The summed E-state index contributed by atoms with van der Waals surface area (Å²) < 4.78 is 53.1. The summed E-state index contributed by atoms with van der Waals surface area (Å²) in [6.45, 7) is -0.789. The van der Waals surface area contributed by atoms with Crippen LogP contribution in [0.1, 0.15) is 0 Å². The van der Waals surface area contributed by atoms with Crippen LogP contribution in [0.5, 0.6) is 0 Å². The van der Waals surface area contributed by atoms with Crippen LogP contribution in [-0.4, -0.2) is 44.4 Å². The number of hydrogen-bond donors (Lipinski definition) is 0. The maximum Gasteiger partial charge on any atom is 0.509 e. The molecule has 2 unspecified atom stereocenters. The topological polar surface area (TPSA) is 71.1 Å². The van der Waals surface area contributed by atoms with Gasteiger partial charge in [0.15, 0.2) is 6.10 Å². The van der Waals surface area contributed by atoms with Crippen molar-refractivity contribution in [2.24, 2.45) is 0 Å². The van der Waals surface area contributed by atoms with Gasteiger partial charge in [0, 0.05) is 0 Å². The van der Waals surface area contributed by atoms with Crippen LogP contribution >= 0.6 is 0 Å². The average molecular weight is 244 g/mol. The van der Waals surface area contributed by atoms with Crippen LogP contribution in [0.2, 0.25) is 0 Å². The van der Waals surface area contributed by atoms with E-state index in [1.54, 1.807) is 0 Å². The Morgan fingerprint density at radius 3 is 2.56 bits per heavy atom. The first-order valence-electron chi connectivity index (χ1n) is 3.99. The number of ether oxygens (including phenoxy) is 4. The molecule has 0 radical (unpaired) electrons. The average Bonchev–Trinajstić information content (AvgIpc) is 2.55.